The van der Waals surface area contributed by atoms with Crippen molar-refractivity contribution in [2.45, 2.75) is 6.04 Å². The molecule has 0 saturated heterocycles. The van der Waals surface area contributed by atoms with Crippen LogP contribution >= 0.6 is 11.6 Å². The van der Waals surface area contributed by atoms with Crippen molar-refractivity contribution in [1.82, 2.24) is 9.97 Å². The molecule has 5 heteroatoms. The molecular weight excluding hydrogens is 226 g/mol. The summed E-state index contributed by atoms with van der Waals surface area (Å²) in [4.78, 5) is 7.11. The summed E-state index contributed by atoms with van der Waals surface area (Å²) in [6.45, 7) is -0.0980. The molecule has 0 bridgehead atoms. The average Bonchev–Trinajstić information content (AvgIpc) is 2.82. The fourth-order valence-electron chi connectivity index (χ4n) is 1.47. The third-order valence-electron chi connectivity index (χ3n) is 2.37. The number of nitrogens with two attached hydrogens (primary N) is 1. The zero-order chi connectivity index (χ0) is 11.5. The van der Waals surface area contributed by atoms with Crippen LogP contribution in [-0.4, -0.2) is 21.7 Å². The lowest BCUT2D eigenvalue weighted by Gasteiger charge is -2.10. The highest BCUT2D eigenvalue weighted by Crippen LogP contribution is 2.27. The number of H-pyrrole nitrogens is 1. The van der Waals surface area contributed by atoms with Crippen molar-refractivity contribution in [3.8, 4) is 11.4 Å². The Morgan fingerprint density at radius 2 is 2.31 bits per heavy atom. The van der Waals surface area contributed by atoms with Crippen LogP contribution in [0.25, 0.3) is 11.4 Å². The number of nitrogens with zero attached hydrogens (tertiary/aromatic N) is 1. The van der Waals surface area contributed by atoms with Crippen LogP contribution in [0.1, 0.15) is 11.6 Å². The average molecular weight is 238 g/mol. The lowest BCUT2D eigenvalue weighted by Crippen LogP contribution is -2.14. The fourth-order valence-corrected chi connectivity index (χ4v) is 1.68. The van der Waals surface area contributed by atoms with Crippen LogP contribution in [0.4, 0.5) is 0 Å². The highest BCUT2D eigenvalue weighted by atomic mass is 35.5. The first kappa shape index (κ1) is 11.1. The molecule has 4 nitrogen and oxygen atoms in total. The molecular formula is C11H12ClN3O. The minimum Gasteiger partial charge on any atom is -0.394 e. The summed E-state index contributed by atoms with van der Waals surface area (Å²) in [6.07, 6.45) is 3.38. The summed E-state index contributed by atoms with van der Waals surface area (Å²) < 4.78 is 0. The molecule has 0 unspecified atom stereocenters. The lowest BCUT2D eigenvalue weighted by molar-refractivity contribution is 0.268. The van der Waals surface area contributed by atoms with Crippen molar-refractivity contribution in [3.63, 3.8) is 0 Å². The second kappa shape index (κ2) is 4.65. The number of benzene rings is 1. The van der Waals surface area contributed by atoms with E-state index in [1.54, 1.807) is 24.5 Å². The van der Waals surface area contributed by atoms with Gasteiger partial charge in [-0.05, 0) is 17.7 Å². The maximum atomic E-state index is 9.00. The molecule has 16 heavy (non-hydrogen) atoms. The first-order valence-corrected chi connectivity index (χ1v) is 5.26. The van der Waals surface area contributed by atoms with Crippen molar-refractivity contribution in [1.29, 1.82) is 0 Å². The van der Waals surface area contributed by atoms with Gasteiger partial charge in [-0.1, -0.05) is 17.7 Å². The van der Waals surface area contributed by atoms with Gasteiger partial charge in [0.1, 0.15) is 5.82 Å². The molecule has 2 aromatic rings. The monoisotopic (exact) mass is 237 g/mol. The van der Waals surface area contributed by atoms with E-state index in [-0.39, 0.29) is 6.61 Å². The Morgan fingerprint density at radius 1 is 1.50 bits per heavy atom. The quantitative estimate of drug-likeness (QED) is 0.761. The van der Waals surface area contributed by atoms with Gasteiger partial charge >= 0.3 is 0 Å². The first-order valence-electron chi connectivity index (χ1n) is 4.88. The predicted molar refractivity (Wildman–Crippen MR) is 63.0 cm³/mol. The van der Waals surface area contributed by atoms with Crippen LogP contribution in [0.5, 0.6) is 0 Å². The number of rotatable bonds is 3. The highest BCUT2D eigenvalue weighted by molar-refractivity contribution is 6.33. The van der Waals surface area contributed by atoms with E-state index in [4.69, 9.17) is 22.4 Å². The van der Waals surface area contributed by atoms with E-state index in [1.165, 1.54) is 0 Å². The molecule has 2 rings (SSSR count). The minimum absolute atomic E-state index is 0.0980. The van der Waals surface area contributed by atoms with Gasteiger partial charge in [0, 0.05) is 18.0 Å². The van der Waals surface area contributed by atoms with Gasteiger partial charge < -0.3 is 15.8 Å². The normalized spacial score (nSPS) is 12.7. The number of aliphatic hydroxyl groups excluding tert-OH is 1. The van der Waals surface area contributed by atoms with Gasteiger partial charge in [-0.3, -0.25) is 0 Å². The first-order chi connectivity index (χ1) is 7.72. The molecule has 0 amide bonds. The van der Waals surface area contributed by atoms with E-state index in [9.17, 15) is 0 Å². The van der Waals surface area contributed by atoms with E-state index in [0.717, 1.165) is 11.1 Å². The van der Waals surface area contributed by atoms with Crippen LogP contribution < -0.4 is 5.73 Å². The zero-order valence-electron chi connectivity index (χ0n) is 8.52. The molecule has 0 spiro atoms. The largest absolute Gasteiger partial charge is 0.394 e. The van der Waals surface area contributed by atoms with E-state index in [2.05, 4.69) is 9.97 Å². The molecule has 0 fully saturated rings. The number of hydrogen-bond acceptors (Lipinski definition) is 3. The Kier molecular flexibility index (Phi) is 3.24. The van der Waals surface area contributed by atoms with Crippen molar-refractivity contribution in [2.75, 3.05) is 6.61 Å². The Hall–Kier alpha value is -1.36. The molecule has 1 aromatic heterocycles. The second-order valence-electron chi connectivity index (χ2n) is 3.47. The van der Waals surface area contributed by atoms with Gasteiger partial charge in [-0.2, -0.15) is 0 Å². The number of aromatic amines is 1. The van der Waals surface area contributed by atoms with Crippen molar-refractivity contribution in [2.24, 2.45) is 5.73 Å². The molecule has 1 atom stereocenters. The third-order valence-corrected chi connectivity index (χ3v) is 2.70. The number of imidazole rings is 1. The summed E-state index contributed by atoms with van der Waals surface area (Å²) in [5, 5.41) is 9.60. The Balaban J connectivity index is 2.45. The van der Waals surface area contributed by atoms with Crippen LogP contribution in [-0.2, 0) is 0 Å². The van der Waals surface area contributed by atoms with Gasteiger partial charge in [-0.25, -0.2) is 4.98 Å². The smallest absolute Gasteiger partial charge is 0.138 e. The van der Waals surface area contributed by atoms with Gasteiger partial charge in [0.15, 0.2) is 0 Å². The topological polar surface area (TPSA) is 74.9 Å². The van der Waals surface area contributed by atoms with E-state index in [0.29, 0.717) is 10.8 Å². The molecule has 0 radical (unpaired) electrons. The van der Waals surface area contributed by atoms with Crippen LogP contribution in [0, 0.1) is 0 Å². The van der Waals surface area contributed by atoms with Gasteiger partial charge in [-0.15, -0.1) is 0 Å². The van der Waals surface area contributed by atoms with Crippen LogP contribution in [0.15, 0.2) is 30.6 Å². The molecule has 1 aromatic carbocycles. The van der Waals surface area contributed by atoms with Gasteiger partial charge in [0.25, 0.3) is 0 Å². The van der Waals surface area contributed by atoms with Crippen molar-refractivity contribution < 1.29 is 5.11 Å². The van der Waals surface area contributed by atoms with Crippen molar-refractivity contribution >= 4 is 11.6 Å². The number of hydrogen-bond donors (Lipinski definition) is 3. The summed E-state index contributed by atoms with van der Waals surface area (Å²) in [6, 6.07) is 4.99. The van der Waals surface area contributed by atoms with Crippen LogP contribution in [0.2, 0.25) is 5.02 Å². The van der Waals surface area contributed by atoms with Gasteiger partial charge in [0.2, 0.25) is 0 Å². The summed E-state index contributed by atoms with van der Waals surface area (Å²) in [5.74, 6) is 0.692. The third kappa shape index (κ3) is 2.09. The second-order valence-corrected chi connectivity index (χ2v) is 3.87. The van der Waals surface area contributed by atoms with E-state index >= 15 is 0 Å². The summed E-state index contributed by atoms with van der Waals surface area (Å²) >= 11 is 6.07. The predicted octanol–water partition coefficient (Wildman–Crippen LogP) is 1.72. The maximum absolute atomic E-state index is 9.00. The molecule has 0 aliphatic carbocycles. The molecule has 0 aliphatic rings. The van der Waals surface area contributed by atoms with E-state index < -0.39 is 6.04 Å². The SMILES string of the molecule is N[C@H](CO)c1ccc(Cl)c(-c2ncc[nH]2)c1. The fraction of sp³-hybridized carbons (Fsp3) is 0.182. The number of halogens is 1. The highest BCUT2D eigenvalue weighted by Gasteiger charge is 2.10. The summed E-state index contributed by atoms with van der Waals surface area (Å²) in [7, 11) is 0. The van der Waals surface area contributed by atoms with Gasteiger partial charge in [0.05, 0.1) is 17.7 Å². The standard InChI is InChI=1S/C11H12ClN3O/c12-9-2-1-7(10(13)6-16)5-8(9)11-14-3-4-15-11/h1-5,10,16H,6,13H2,(H,14,15)/t10-/m1/s1. The molecule has 84 valence electrons. The molecule has 1 heterocycles. The number of aliphatic hydroxyl groups is 1. The maximum Gasteiger partial charge on any atom is 0.138 e. The number of nitrogens with one attached hydrogen (secondary N) is 1. The molecule has 0 aliphatic heterocycles. The van der Waals surface area contributed by atoms with Crippen molar-refractivity contribution in [3.05, 3.63) is 41.2 Å². The molecule has 4 N–H and O–H groups in total. The Bertz CT molecular complexity index is 470. The summed E-state index contributed by atoms with van der Waals surface area (Å²) in [5.41, 5.74) is 7.36. The zero-order valence-corrected chi connectivity index (χ0v) is 9.28. The van der Waals surface area contributed by atoms with Crippen LogP contribution in [0.3, 0.4) is 0 Å². The Labute approximate surface area is 98.1 Å². The lowest BCUT2D eigenvalue weighted by atomic mass is 10.0. The number of aromatic nitrogens is 2. The van der Waals surface area contributed by atoms with E-state index in [1.807, 2.05) is 6.07 Å². The minimum atomic E-state index is -0.397. The molecule has 0 saturated carbocycles. The Morgan fingerprint density at radius 3 is 2.94 bits per heavy atom.